The van der Waals surface area contributed by atoms with E-state index in [2.05, 4.69) is 24.0 Å². The minimum atomic E-state index is -3.76. The second-order valence-corrected chi connectivity index (χ2v) is 7.10. The molecule has 1 aromatic carbocycles. The molecule has 0 aliphatic carbocycles. The Bertz CT molecular complexity index is 827. The van der Waals surface area contributed by atoms with Gasteiger partial charge in [-0.2, -0.15) is 5.10 Å². The fourth-order valence-corrected chi connectivity index (χ4v) is 2.47. The van der Waals surface area contributed by atoms with Gasteiger partial charge in [0.15, 0.2) is 5.75 Å². The first-order chi connectivity index (χ1) is 10.8. The van der Waals surface area contributed by atoms with Crippen LogP contribution in [0.25, 0.3) is 11.1 Å². The number of nitrogens with zero attached hydrogens (tertiary/aromatic N) is 1. The Morgan fingerprint density at radius 2 is 1.91 bits per heavy atom. The van der Waals surface area contributed by atoms with E-state index >= 15 is 0 Å². The van der Waals surface area contributed by atoms with Crippen LogP contribution in [-0.4, -0.2) is 25.2 Å². The third-order valence-electron chi connectivity index (χ3n) is 3.25. The van der Waals surface area contributed by atoms with Crippen LogP contribution in [0, 0.1) is 5.92 Å². The van der Waals surface area contributed by atoms with Gasteiger partial charge in [-0.25, -0.2) is 18.7 Å². The molecule has 23 heavy (non-hydrogen) atoms. The van der Waals surface area contributed by atoms with Crippen molar-refractivity contribution >= 4 is 10.0 Å². The first-order valence-corrected chi connectivity index (χ1v) is 8.67. The number of benzene rings is 1. The Labute approximate surface area is 134 Å². The van der Waals surface area contributed by atoms with E-state index in [1.54, 1.807) is 12.1 Å². The fraction of sp³-hybridized carbons (Fsp3) is 0.333. The molecule has 8 heteroatoms. The topological polar surface area (TPSA) is 115 Å². The smallest absolute Gasteiger partial charge is 0.307 e. The molecular weight excluding hydrogens is 318 g/mol. The molecule has 0 unspecified atom stereocenters. The number of hydrogen-bond acceptors (Lipinski definition) is 5. The summed E-state index contributed by atoms with van der Waals surface area (Å²) in [4.78, 5) is 12.0. The van der Waals surface area contributed by atoms with Gasteiger partial charge in [-0.1, -0.05) is 26.0 Å². The lowest BCUT2D eigenvalue weighted by molar-refractivity contribution is 0.286. The summed E-state index contributed by atoms with van der Waals surface area (Å²) < 4.78 is 28.2. The predicted molar refractivity (Wildman–Crippen MR) is 86.6 cm³/mol. The van der Waals surface area contributed by atoms with Crippen LogP contribution in [0.4, 0.5) is 0 Å². The lowest BCUT2D eigenvalue weighted by Gasteiger charge is -2.11. The highest BCUT2D eigenvalue weighted by atomic mass is 32.2. The van der Waals surface area contributed by atoms with E-state index < -0.39 is 15.6 Å². The van der Waals surface area contributed by atoms with E-state index in [4.69, 9.17) is 9.88 Å². The standard InChI is InChI=1S/C15H19N3O4S/c1-10(2)7-8-22-14-13(9-17-18-15(14)19)11-3-5-12(6-4-11)23(16,20)21/h3-6,9-10H,7-8H2,1-2H3,(H,18,19)(H2,16,20,21). The maximum Gasteiger partial charge on any atom is 0.307 e. The van der Waals surface area contributed by atoms with E-state index in [0.717, 1.165) is 6.42 Å². The van der Waals surface area contributed by atoms with Crippen LogP contribution in [0.15, 0.2) is 40.2 Å². The average molecular weight is 337 g/mol. The molecule has 0 aliphatic rings. The van der Waals surface area contributed by atoms with Gasteiger partial charge in [0, 0.05) is 5.56 Å². The molecule has 0 amide bonds. The van der Waals surface area contributed by atoms with Crippen molar-refractivity contribution < 1.29 is 13.2 Å². The third-order valence-corrected chi connectivity index (χ3v) is 4.18. The lowest BCUT2D eigenvalue weighted by Crippen LogP contribution is -2.15. The molecule has 0 aliphatic heterocycles. The Balaban J connectivity index is 2.35. The number of H-pyrrole nitrogens is 1. The van der Waals surface area contributed by atoms with Crippen LogP contribution < -0.4 is 15.4 Å². The maximum absolute atomic E-state index is 12.0. The maximum atomic E-state index is 12.0. The molecule has 0 saturated heterocycles. The van der Waals surface area contributed by atoms with Crippen molar-refractivity contribution in [3.8, 4) is 16.9 Å². The van der Waals surface area contributed by atoms with E-state index in [1.165, 1.54) is 18.3 Å². The van der Waals surface area contributed by atoms with Crippen molar-refractivity contribution in [2.45, 2.75) is 25.2 Å². The Morgan fingerprint density at radius 3 is 2.48 bits per heavy atom. The molecule has 0 fully saturated rings. The molecule has 0 bridgehead atoms. The predicted octanol–water partition coefficient (Wildman–Crippen LogP) is 1.51. The van der Waals surface area contributed by atoms with Gasteiger partial charge in [-0.15, -0.1) is 0 Å². The van der Waals surface area contributed by atoms with Crippen molar-refractivity contribution in [3.63, 3.8) is 0 Å². The average Bonchev–Trinajstić information content (AvgIpc) is 2.48. The number of primary sulfonamides is 1. The van der Waals surface area contributed by atoms with Crippen LogP contribution in [0.5, 0.6) is 5.75 Å². The number of rotatable bonds is 6. The Morgan fingerprint density at radius 1 is 1.26 bits per heavy atom. The molecular formula is C15H19N3O4S. The zero-order valence-corrected chi connectivity index (χ0v) is 13.8. The summed E-state index contributed by atoms with van der Waals surface area (Å²) in [7, 11) is -3.76. The monoisotopic (exact) mass is 337 g/mol. The SMILES string of the molecule is CC(C)CCOc1c(-c2ccc(S(N)(=O)=O)cc2)cn[nH]c1=O. The van der Waals surface area contributed by atoms with Gasteiger partial charge < -0.3 is 4.74 Å². The summed E-state index contributed by atoms with van der Waals surface area (Å²) in [6.07, 6.45) is 2.28. The lowest BCUT2D eigenvalue weighted by atomic mass is 10.1. The van der Waals surface area contributed by atoms with Gasteiger partial charge in [0.1, 0.15) is 0 Å². The van der Waals surface area contributed by atoms with Gasteiger partial charge >= 0.3 is 5.56 Å². The minimum absolute atomic E-state index is 0.00123. The second kappa shape index (κ2) is 6.93. The summed E-state index contributed by atoms with van der Waals surface area (Å²) in [5.41, 5.74) is 0.691. The first kappa shape index (κ1) is 17.2. The molecule has 124 valence electrons. The first-order valence-electron chi connectivity index (χ1n) is 7.12. The summed E-state index contributed by atoms with van der Waals surface area (Å²) in [6.45, 7) is 4.53. The van der Waals surface area contributed by atoms with Gasteiger partial charge in [-0.3, -0.25) is 4.79 Å². The van der Waals surface area contributed by atoms with Crippen molar-refractivity contribution in [2.24, 2.45) is 11.1 Å². The van der Waals surface area contributed by atoms with Crippen molar-refractivity contribution in [3.05, 3.63) is 40.8 Å². The van der Waals surface area contributed by atoms with E-state index in [1.807, 2.05) is 0 Å². The quantitative estimate of drug-likeness (QED) is 0.829. The zero-order valence-electron chi connectivity index (χ0n) is 12.9. The highest BCUT2D eigenvalue weighted by Crippen LogP contribution is 2.26. The van der Waals surface area contributed by atoms with Gasteiger partial charge in [0.25, 0.3) is 0 Å². The molecule has 3 N–H and O–H groups in total. The van der Waals surface area contributed by atoms with Crippen molar-refractivity contribution in [1.82, 2.24) is 10.2 Å². The zero-order chi connectivity index (χ0) is 17.0. The highest BCUT2D eigenvalue weighted by Gasteiger charge is 2.13. The third kappa shape index (κ3) is 4.40. The summed E-state index contributed by atoms with van der Waals surface area (Å²) in [6, 6.07) is 5.88. The fourth-order valence-electron chi connectivity index (χ4n) is 1.96. The molecule has 2 rings (SSSR count). The van der Waals surface area contributed by atoms with Crippen LogP contribution in [0.1, 0.15) is 20.3 Å². The molecule has 0 saturated carbocycles. The van der Waals surface area contributed by atoms with Crippen LogP contribution in [-0.2, 0) is 10.0 Å². The molecule has 7 nitrogen and oxygen atoms in total. The summed E-state index contributed by atoms with van der Waals surface area (Å²) in [5, 5.41) is 11.2. The van der Waals surface area contributed by atoms with Crippen molar-refractivity contribution in [1.29, 1.82) is 0 Å². The highest BCUT2D eigenvalue weighted by molar-refractivity contribution is 7.89. The van der Waals surface area contributed by atoms with E-state index in [-0.39, 0.29) is 10.6 Å². The van der Waals surface area contributed by atoms with Crippen LogP contribution in [0.2, 0.25) is 0 Å². The number of nitrogens with one attached hydrogen (secondary N) is 1. The number of ether oxygens (including phenoxy) is 1. The summed E-state index contributed by atoms with van der Waals surface area (Å²) >= 11 is 0. The minimum Gasteiger partial charge on any atom is -0.487 e. The molecule has 1 heterocycles. The van der Waals surface area contributed by atoms with Crippen LogP contribution in [0.3, 0.4) is 0 Å². The summed E-state index contributed by atoms with van der Waals surface area (Å²) in [5.74, 6) is 0.623. The normalized spacial score (nSPS) is 11.7. The van der Waals surface area contributed by atoms with Gasteiger partial charge in [-0.05, 0) is 30.0 Å². The van der Waals surface area contributed by atoms with Crippen LogP contribution >= 0.6 is 0 Å². The molecule has 0 radical (unpaired) electrons. The molecule has 0 spiro atoms. The van der Waals surface area contributed by atoms with Gasteiger partial charge in [0.2, 0.25) is 10.0 Å². The molecule has 2 aromatic rings. The number of aromatic nitrogens is 2. The number of sulfonamides is 1. The number of nitrogens with two attached hydrogens (primary N) is 1. The van der Waals surface area contributed by atoms with E-state index in [0.29, 0.717) is 23.7 Å². The second-order valence-electron chi connectivity index (χ2n) is 5.54. The largest absolute Gasteiger partial charge is 0.487 e. The number of aromatic amines is 1. The molecule has 1 aromatic heterocycles. The Hall–Kier alpha value is -2.19. The Kier molecular flexibility index (Phi) is 5.17. The van der Waals surface area contributed by atoms with Crippen molar-refractivity contribution in [2.75, 3.05) is 6.61 Å². The number of hydrogen-bond donors (Lipinski definition) is 2. The van der Waals surface area contributed by atoms with Gasteiger partial charge in [0.05, 0.1) is 17.7 Å². The molecule has 0 atom stereocenters. The van der Waals surface area contributed by atoms with E-state index in [9.17, 15) is 13.2 Å².